The summed E-state index contributed by atoms with van der Waals surface area (Å²) in [5, 5.41) is 7.78. The second kappa shape index (κ2) is 15.9. The molecule has 312 valence electrons. The molecule has 11 nitrogen and oxygen atoms in total. The van der Waals surface area contributed by atoms with Crippen LogP contribution in [-0.4, -0.2) is 140 Å². The molecule has 60 heavy (non-hydrogen) atoms. The molecular weight excluding hydrogens is 743 g/mol. The minimum Gasteiger partial charge on any atom is -0.358 e. The fourth-order valence-corrected chi connectivity index (χ4v) is 10.8. The van der Waals surface area contributed by atoms with E-state index in [0.29, 0.717) is 5.92 Å². The third kappa shape index (κ3) is 7.32. The smallest absolute Gasteiger partial charge is 0.0938 e. The van der Waals surface area contributed by atoms with Gasteiger partial charge in [-0.25, -0.2) is 0 Å². The minimum atomic E-state index is 0.613. The highest BCUT2D eigenvalue weighted by molar-refractivity contribution is 6.05. The van der Waals surface area contributed by atoms with Gasteiger partial charge in [0, 0.05) is 79.5 Å². The fraction of sp³-hybridized carbons (Fsp3) is 0.388. The molecule has 0 aromatic heterocycles. The van der Waals surface area contributed by atoms with Crippen molar-refractivity contribution in [2.24, 2.45) is 5.92 Å². The van der Waals surface area contributed by atoms with Crippen LogP contribution in [0, 0.1) is 5.92 Å². The molecule has 0 saturated carbocycles. The molecule has 0 radical (unpaired) electrons. The van der Waals surface area contributed by atoms with Crippen molar-refractivity contribution in [3.8, 4) is 0 Å². The van der Waals surface area contributed by atoms with Crippen LogP contribution in [-0.2, 0) is 0 Å². The molecule has 4 fully saturated rings. The standard InChI is InChI=1S/C49H61N11/c1-37-25-50(2)29-55(26-37)44-19-7-14-39-38(44)13-8-22-47(39)58-34-59(48-23-11-15-40-42(48)17-9-20-45(40)56-30-51(3)27-52(4)31-56)36-60(35-58)49-24-12-16-41-43(49)18-10-21-46(41)57-32-53(5)28-54(6)33-57/h7-24,37H,25-36H2,1-6H3. The molecule has 10 rings (SSSR count). The van der Waals surface area contributed by atoms with Crippen molar-refractivity contribution >= 4 is 66.4 Å². The molecule has 0 amide bonds. The second-order valence-corrected chi connectivity index (χ2v) is 18.4. The van der Waals surface area contributed by atoms with Gasteiger partial charge in [0.15, 0.2) is 0 Å². The lowest BCUT2D eigenvalue weighted by molar-refractivity contribution is 0.135. The van der Waals surface area contributed by atoms with Gasteiger partial charge in [-0.15, -0.1) is 0 Å². The highest BCUT2D eigenvalue weighted by Crippen LogP contribution is 2.41. The van der Waals surface area contributed by atoms with Gasteiger partial charge >= 0.3 is 0 Å². The van der Waals surface area contributed by atoms with Gasteiger partial charge in [-0.05, 0) is 77.6 Å². The first-order valence-electron chi connectivity index (χ1n) is 21.6. The van der Waals surface area contributed by atoms with Crippen molar-refractivity contribution < 1.29 is 0 Å². The molecule has 6 aromatic rings. The van der Waals surface area contributed by atoms with Crippen molar-refractivity contribution in [2.45, 2.75) is 6.92 Å². The number of hydrogen-bond acceptors (Lipinski definition) is 11. The van der Waals surface area contributed by atoms with Crippen molar-refractivity contribution in [1.82, 2.24) is 24.5 Å². The highest BCUT2D eigenvalue weighted by Gasteiger charge is 2.30. The van der Waals surface area contributed by atoms with E-state index in [1.54, 1.807) is 0 Å². The van der Waals surface area contributed by atoms with Gasteiger partial charge in [0.2, 0.25) is 0 Å². The summed E-state index contributed by atoms with van der Waals surface area (Å²) in [7, 11) is 11.1. The lowest BCUT2D eigenvalue weighted by Crippen LogP contribution is -2.55. The summed E-state index contributed by atoms with van der Waals surface area (Å²) in [6.07, 6.45) is 0. The maximum atomic E-state index is 2.61. The Balaban J connectivity index is 1.09. The van der Waals surface area contributed by atoms with Crippen molar-refractivity contribution in [2.75, 3.05) is 144 Å². The largest absolute Gasteiger partial charge is 0.358 e. The van der Waals surface area contributed by atoms with E-state index in [4.69, 9.17) is 0 Å². The Morgan fingerprint density at radius 1 is 0.283 bits per heavy atom. The van der Waals surface area contributed by atoms with Crippen LogP contribution in [0.1, 0.15) is 6.92 Å². The molecule has 0 aliphatic carbocycles. The maximum Gasteiger partial charge on any atom is 0.0938 e. The SMILES string of the molecule is CC1CN(C)CN(c2cccc3c(N4CN(c5cccc6c(N7CN(C)CN(C)C7)cccc56)CN(c5cccc6c(N7CN(C)CN(C)C7)cccc56)C4)cccc23)C1. The Bertz CT molecular complexity index is 2200. The Morgan fingerprint density at radius 2 is 0.533 bits per heavy atom. The number of benzene rings is 6. The van der Waals surface area contributed by atoms with Gasteiger partial charge in [-0.1, -0.05) is 79.7 Å². The van der Waals surface area contributed by atoms with E-state index in [-0.39, 0.29) is 0 Å². The van der Waals surface area contributed by atoms with Crippen LogP contribution in [0.3, 0.4) is 0 Å². The first-order valence-corrected chi connectivity index (χ1v) is 21.6. The summed E-state index contributed by atoms with van der Waals surface area (Å²) >= 11 is 0. The van der Waals surface area contributed by atoms with Crippen LogP contribution in [0.15, 0.2) is 109 Å². The van der Waals surface area contributed by atoms with Gasteiger partial charge in [0.05, 0.1) is 66.7 Å². The molecular formula is C49H61N11. The van der Waals surface area contributed by atoms with Gasteiger partial charge in [-0.3, -0.25) is 24.5 Å². The fourth-order valence-electron chi connectivity index (χ4n) is 10.8. The zero-order valence-electron chi connectivity index (χ0n) is 36.4. The summed E-state index contributed by atoms with van der Waals surface area (Å²) in [5.74, 6) is 0.613. The number of fused-ring (bicyclic) bond motifs is 3. The third-order valence-corrected chi connectivity index (χ3v) is 12.9. The third-order valence-electron chi connectivity index (χ3n) is 12.9. The van der Waals surface area contributed by atoms with Crippen molar-refractivity contribution in [1.29, 1.82) is 0 Å². The lowest BCUT2D eigenvalue weighted by Gasteiger charge is -2.46. The topological polar surface area (TPSA) is 35.6 Å². The highest BCUT2D eigenvalue weighted by atomic mass is 15.5. The molecule has 0 bridgehead atoms. The summed E-state index contributed by atoms with van der Waals surface area (Å²) in [4.78, 5) is 27.4. The molecule has 11 heteroatoms. The summed E-state index contributed by atoms with van der Waals surface area (Å²) in [6.45, 7) is 13.4. The zero-order valence-corrected chi connectivity index (χ0v) is 36.4. The molecule has 0 spiro atoms. The van der Waals surface area contributed by atoms with Gasteiger partial charge in [-0.2, -0.15) is 0 Å². The summed E-state index contributed by atoms with van der Waals surface area (Å²) in [5.41, 5.74) is 7.68. The van der Waals surface area contributed by atoms with Gasteiger partial charge in [0.25, 0.3) is 0 Å². The van der Waals surface area contributed by atoms with Crippen molar-refractivity contribution in [3.05, 3.63) is 109 Å². The number of hydrogen-bond donors (Lipinski definition) is 0. The van der Waals surface area contributed by atoms with Gasteiger partial charge in [0.1, 0.15) is 0 Å². The minimum absolute atomic E-state index is 0.613. The molecule has 0 N–H and O–H groups in total. The monoisotopic (exact) mass is 804 g/mol. The zero-order chi connectivity index (χ0) is 41.1. The van der Waals surface area contributed by atoms with E-state index in [9.17, 15) is 0 Å². The molecule has 4 saturated heterocycles. The van der Waals surface area contributed by atoms with E-state index >= 15 is 0 Å². The Labute approximate surface area is 356 Å². The van der Waals surface area contributed by atoms with E-state index in [1.165, 1.54) is 66.4 Å². The van der Waals surface area contributed by atoms with E-state index in [0.717, 1.165) is 79.8 Å². The number of rotatable bonds is 6. The Morgan fingerprint density at radius 3 is 0.817 bits per heavy atom. The van der Waals surface area contributed by atoms with E-state index in [1.807, 2.05) is 0 Å². The lowest BCUT2D eigenvalue weighted by atomic mass is 10.0. The van der Waals surface area contributed by atoms with Crippen molar-refractivity contribution in [3.63, 3.8) is 0 Å². The maximum absolute atomic E-state index is 2.61. The molecule has 4 heterocycles. The van der Waals surface area contributed by atoms with Gasteiger partial charge < -0.3 is 29.4 Å². The van der Waals surface area contributed by atoms with Crippen LogP contribution in [0.25, 0.3) is 32.3 Å². The van der Waals surface area contributed by atoms with E-state index in [2.05, 4.69) is 205 Å². The predicted octanol–water partition coefficient (Wildman–Crippen LogP) is 7.31. The number of nitrogens with zero attached hydrogens (tertiary/aromatic N) is 11. The normalized spacial score (nSPS) is 21.0. The Kier molecular flexibility index (Phi) is 10.3. The van der Waals surface area contributed by atoms with E-state index < -0.39 is 0 Å². The average Bonchev–Trinajstić information content (AvgIpc) is 3.24. The van der Waals surface area contributed by atoms with Crippen LogP contribution in [0.5, 0.6) is 0 Å². The van der Waals surface area contributed by atoms with Crippen LogP contribution in [0.2, 0.25) is 0 Å². The first kappa shape index (κ1) is 38.9. The molecule has 4 aliphatic heterocycles. The average molecular weight is 804 g/mol. The van der Waals surface area contributed by atoms with Crippen LogP contribution >= 0.6 is 0 Å². The molecule has 6 aromatic carbocycles. The van der Waals surface area contributed by atoms with Crippen LogP contribution < -0.4 is 29.4 Å². The van der Waals surface area contributed by atoms with Crippen LogP contribution in [0.4, 0.5) is 34.1 Å². The first-order chi connectivity index (χ1) is 29.2. The number of anilines is 6. The second-order valence-electron chi connectivity index (χ2n) is 18.4. The summed E-state index contributed by atoms with van der Waals surface area (Å²) in [6, 6.07) is 41.5. The molecule has 1 unspecified atom stereocenters. The quantitative estimate of drug-likeness (QED) is 0.170. The molecule has 4 aliphatic rings. The summed E-state index contributed by atoms with van der Waals surface area (Å²) < 4.78 is 0. The predicted molar refractivity (Wildman–Crippen MR) is 253 cm³/mol. The molecule has 1 atom stereocenters. The Hall–Kier alpha value is -5.30.